The normalized spacial score (nSPS) is 16.2. The summed E-state index contributed by atoms with van der Waals surface area (Å²) < 4.78 is 9.74. The minimum atomic E-state index is -0.236. The minimum absolute atomic E-state index is 0.236. The third-order valence-electron chi connectivity index (χ3n) is 8.41. The third kappa shape index (κ3) is 6.11. The van der Waals surface area contributed by atoms with Gasteiger partial charge in [0.2, 0.25) is 5.95 Å². The largest absolute Gasteiger partial charge is 0.491 e. The Hall–Kier alpha value is -4.36. The second-order valence-electron chi connectivity index (χ2n) is 11.4. The number of aryl methyl sites for hydroxylation is 1. The molecule has 0 amide bonds. The van der Waals surface area contributed by atoms with E-state index in [9.17, 15) is 4.79 Å². The molecule has 1 aromatic carbocycles. The van der Waals surface area contributed by atoms with E-state index >= 15 is 0 Å². The summed E-state index contributed by atoms with van der Waals surface area (Å²) in [5, 5.41) is 8.41. The van der Waals surface area contributed by atoms with E-state index in [-0.39, 0.29) is 12.1 Å². The Morgan fingerprint density at radius 2 is 1.90 bits per heavy atom. The SMILES string of the molecule is C#Cc1cc(=O)n(Cc2ccn(C)n2)c2nc(Nc3ccc(N4CCN(C)CC4)c(OCCC4CCCC4)c3)ncc12. The van der Waals surface area contributed by atoms with Crippen LogP contribution < -0.4 is 20.5 Å². The van der Waals surface area contributed by atoms with Crippen molar-refractivity contribution in [3.8, 4) is 18.1 Å². The fourth-order valence-electron chi connectivity index (χ4n) is 5.97. The van der Waals surface area contributed by atoms with Gasteiger partial charge >= 0.3 is 0 Å². The van der Waals surface area contributed by atoms with Crippen LogP contribution in [0, 0.1) is 18.3 Å². The van der Waals surface area contributed by atoms with Crippen molar-refractivity contribution in [1.82, 2.24) is 29.2 Å². The van der Waals surface area contributed by atoms with Gasteiger partial charge in [-0.3, -0.25) is 14.0 Å². The van der Waals surface area contributed by atoms with Crippen molar-refractivity contribution in [2.24, 2.45) is 13.0 Å². The number of aromatic nitrogens is 5. The van der Waals surface area contributed by atoms with Gasteiger partial charge in [-0.05, 0) is 37.6 Å². The fraction of sp³-hybridized carbons (Fsp3) is 0.438. The standard InChI is InChI=1S/C32H38N8O2/c1-4-24-19-30(41)40(22-26-11-13-38(3)36-26)31-27(24)21-33-32(35-31)34-25-9-10-28(39-16-14-37(2)15-17-39)29(20-25)42-18-12-23-7-5-6-8-23/h1,9-11,13,19-21,23H,5-8,12,14-18,22H2,2-3H3,(H,33,34,35). The molecular weight excluding hydrogens is 528 g/mol. The minimum Gasteiger partial charge on any atom is -0.491 e. The van der Waals surface area contributed by atoms with E-state index < -0.39 is 0 Å². The van der Waals surface area contributed by atoms with Gasteiger partial charge in [0, 0.05) is 69.0 Å². The van der Waals surface area contributed by atoms with Crippen molar-refractivity contribution >= 4 is 28.4 Å². The Kier molecular flexibility index (Phi) is 8.11. The van der Waals surface area contributed by atoms with Gasteiger partial charge in [0.05, 0.1) is 29.9 Å². The van der Waals surface area contributed by atoms with Crippen LogP contribution in [0.5, 0.6) is 5.75 Å². The smallest absolute Gasteiger partial charge is 0.253 e. The molecule has 3 aromatic heterocycles. The molecule has 2 aliphatic rings. The zero-order chi connectivity index (χ0) is 29.1. The number of nitrogens with zero attached hydrogens (tertiary/aromatic N) is 7. The van der Waals surface area contributed by atoms with E-state index in [4.69, 9.17) is 16.1 Å². The number of pyridine rings is 1. The second kappa shape index (κ2) is 12.2. The molecule has 1 N–H and O–H groups in total. The lowest BCUT2D eigenvalue weighted by Gasteiger charge is -2.35. The zero-order valence-corrected chi connectivity index (χ0v) is 24.4. The summed E-state index contributed by atoms with van der Waals surface area (Å²) in [5.41, 5.74) is 3.37. The zero-order valence-electron chi connectivity index (χ0n) is 24.4. The number of fused-ring (bicyclic) bond motifs is 1. The second-order valence-corrected chi connectivity index (χ2v) is 11.4. The Balaban J connectivity index is 1.29. The van der Waals surface area contributed by atoms with Gasteiger partial charge in [0.15, 0.2) is 0 Å². The average molecular weight is 567 g/mol. The van der Waals surface area contributed by atoms with Gasteiger partial charge in [0.25, 0.3) is 5.56 Å². The van der Waals surface area contributed by atoms with E-state index in [2.05, 4.69) is 44.2 Å². The van der Waals surface area contributed by atoms with Crippen molar-refractivity contribution < 1.29 is 4.74 Å². The first-order valence-corrected chi connectivity index (χ1v) is 14.8. The average Bonchev–Trinajstić information content (AvgIpc) is 3.67. The summed E-state index contributed by atoms with van der Waals surface area (Å²) >= 11 is 0. The van der Waals surface area contributed by atoms with Crippen LogP contribution in [0.4, 0.5) is 17.3 Å². The molecule has 218 valence electrons. The Bertz CT molecular complexity index is 1660. The van der Waals surface area contributed by atoms with Crippen molar-refractivity contribution in [1.29, 1.82) is 0 Å². The highest BCUT2D eigenvalue weighted by molar-refractivity contribution is 5.82. The number of hydrogen-bond acceptors (Lipinski definition) is 8. The number of piperazine rings is 1. The summed E-state index contributed by atoms with van der Waals surface area (Å²) in [6.45, 7) is 4.94. The lowest BCUT2D eigenvalue weighted by molar-refractivity contribution is 0.276. The summed E-state index contributed by atoms with van der Waals surface area (Å²) in [6, 6.07) is 9.52. The van der Waals surface area contributed by atoms with Crippen LogP contribution in [0.15, 0.2) is 47.5 Å². The van der Waals surface area contributed by atoms with Crippen LogP contribution >= 0.6 is 0 Å². The lowest BCUT2D eigenvalue weighted by atomic mass is 10.1. The number of likely N-dealkylation sites (N-methyl/N-ethyl adjacent to an activating group) is 1. The molecule has 1 aliphatic carbocycles. The van der Waals surface area contributed by atoms with Crippen LogP contribution in [-0.2, 0) is 13.6 Å². The number of rotatable bonds is 9. The monoisotopic (exact) mass is 566 g/mol. The highest BCUT2D eigenvalue weighted by Crippen LogP contribution is 2.34. The Labute approximate surface area is 246 Å². The van der Waals surface area contributed by atoms with Crippen molar-refractivity contribution in [3.63, 3.8) is 0 Å². The van der Waals surface area contributed by atoms with Crippen molar-refractivity contribution in [3.05, 3.63) is 64.3 Å². The number of ether oxygens (including phenoxy) is 1. The van der Waals surface area contributed by atoms with E-state index in [0.717, 1.165) is 61.3 Å². The predicted octanol–water partition coefficient (Wildman–Crippen LogP) is 4.01. The maximum Gasteiger partial charge on any atom is 0.253 e. The molecular formula is C32H38N8O2. The number of benzene rings is 1. The summed E-state index contributed by atoms with van der Waals surface area (Å²) in [7, 11) is 4.01. The van der Waals surface area contributed by atoms with Gasteiger partial charge in [-0.25, -0.2) is 4.98 Å². The first-order valence-electron chi connectivity index (χ1n) is 14.8. The Morgan fingerprint density at radius 3 is 2.64 bits per heavy atom. The first kappa shape index (κ1) is 27.8. The van der Waals surface area contributed by atoms with Crippen LogP contribution in [0.1, 0.15) is 43.4 Å². The molecule has 1 saturated carbocycles. The summed E-state index contributed by atoms with van der Waals surface area (Å²) in [4.78, 5) is 27.1. The number of nitrogens with one attached hydrogen (secondary N) is 1. The number of anilines is 3. The first-order chi connectivity index (χ1) is 20.5. The van der Waals surface area contributed by atoms with Crippen molar-refractivity contribution in [2.75, 3.05) is 50.1 Å². The van der Waals surface area contributed by atoms with Crippen LogP contribution in [0.3, 0.4) is 0 Å². The topological polar surface area (TPSA) is 93.3 Å². The molecule has 0 spiro atoms. The molecule has 4 aromatic rings. The molecule has 1 saturated heterocycles. The molecule has 0 radical (unpaired) electrons. The number of hydrogen-bond donors (Lipinski definition) is 1. The van der Waals surface area contributed by atoms with Gasteiger partial charge in [-0.2, -0.15) is 10.1 Å². The Morgan fingerprint density at radius 1 is 1.10 bits per heavy atom. The maximum atomic E-state index is 13.1. The van der Waals surface area contributed by atoms with E-state index in [1.807, 2.05) is 31.4 Å². The van der Waals surface area contributed by atoms with E-state index in [0.29, 0.717) is 29.2 Å². The van der Waals surface area contributed by atoms with Crippen LogP contribution in [0.2, 0.25) is 0 Å². The highest BCUT2D eigenvalue weighted by Gasteiger charge is 2.20. The van der Waals surface area contributed by atoms with Gasteiger partial charge in [-0.15, -0.1) is 6.42 Å². The molecule has 0 unspecified atom stereocenters. The van der Waals surface area contributed by atoms with E-state index in [1.165, 1.54) is 31.7 Å². The molecule has 10 heteroatoms. The third-order valence-corrected chi connectivity index (χ3v) is 8.41. The summed E-state index contributed by atoms with van der Waals surface area (Å²) in [6.07, 6.45) is 15.6. The molecule has 6 rings (SSSR count). The van der Waals surface area contributed by atoms with Gasteiger partial charge in [-0.1, -0.05) is 31.6 Å². The van der Waals surface area contributed by atoms with Crippen LogP contribution in [0.25, 0.3) is 11.0 Å². The highest BCUT2D eigenvalue weighted by atomic mass is 16.5. The maximum absolute atomic E-state index is 13.1. The van der Waals surface area contributed by atoms with Gasteiger partial charge < -0.3 is 19.9 Å². The fourth-order valence-corrected chi connectivity index (χ4v) is 5.97. The molecule has 2 fully saturated rings. The molecule has 10 nitrogen and oxygen atoms in total. The molecule has 1 aliphatic heterocycles. The van der Waals surface area contributed by atoms with Crippen molar-refractivity contribution in [2.45, 2.75) is 38.6 Å². The molecule has 0 atom stereocenters. The molecule has 42 heavy (non-hydrogen) atoms. The molecule has 0 bridgehead atoms. The molecule has 4 heterocycles. The summed E-state index contributed by atoms with van der Waals surface area (Å²) in [5.74, 6) is 4.61. The predicted molar refractivity (Wildman–Crippen MR) is 166 cm³/mol. The quantitative estimate of drug-likeness (QED) is 0.304. The van der Waals surface area contributed by atoms with Crippen LogP contribution in [-0.4, -0.2) is 69.0 Å². The number of terminal acetylenes is 1. The van der Waals surface area contributed by atoms with Gasteiger partial charge in [0.1, 0.15) is 11.4 Å². The lowest BCUT2D eigenvalue weighted by Crippen LogP contribution is -2.44. The van der Waals surface area contributed by atoms with E-state index in [1.54, 1.807) is 15.4 Å².